The van der Waals surface area contributed by atoms with Gasteiger partial charge in [0.15, 0.2) is 0 Å². The zero-order valence-electron chi connectivity index (χ0n) is 14.2. The number of unbranched alkanes of at least 4 members (excludes halogenated alkanes) is 5. The molecular formula is C18H32N2O. The lowest BCUT2D eigenvalue weighted by Gasteiger charge is -2.20. The maximum atomic E-state index is 5.78. The van der Waals surface area contributed by atoms with Crippen molar-refractivity contribution in [1.82, 2.24) is 5.43 Å². The van der Waals surface area contributed by atoms with Gasteiger partial charge in [-0.3, -0.25) is 11.3 Å². The van der Waals surface area contributed by atoms with E-state index in [9.17, 15) is 0 Å². The van der Waals surface area contributed by atoms with Crippen LogP contribution in [0.2, 0.25) is 0 Å². The third-order valence-electron chi connectivity index (χ3n) is 4.21. The normalized spacial score (nSPS) is 12.4. The minimum absolute atomic E-state index is 0.237. The fraction of sp³-hybridized carbons (Fsp3) is 0.667. The molecule has 0 aliphatic rings. The van der Waals surface area contributed by atoms with Crippen molar-refractivity contribution < 1.29 is 4.74 Å². The van der Waals surface area contributed by atoms with Crippen molar-refractivity contribution in [2.75, 3.05) is 7.11 Å². The van der Waals surface area contributed by atoms with Gasteiger partial charge in [0.25, 0.3) is 0 Å². The molecule has 21 heavy (non-hydrogen) atoms. The molecule has 0 radical (unpaired) electrons. The van der Waals surface area contributed by atoms with Crippen LogP contribution in [-0.2, 0) is 0 Å². The average Bonchev–Trinajstić information content (AvgIpc) is 2.49. The van der Waals surface area contributed by atoms with Crippen LogP contribution in [0.1, 0.15) is 74.6 Å². The molecule has 0 aromatic heterocycles. The summed E-state index contributed by atoms with van der Waals surface area (Å²) in [6.07, 6.45) is 8.97. The van der Waals surface area contributed by atoms with Crippen molar-refractivity contribution in [3.8, 4) is 5.75 Å². The van der Waals surface area contributed by atoms with Crippen LogP contribution >= 0.6 is 0 Å². The number of hydrogen-bond donors (Lipinski definition) is 2. The molecule has 1 rings (SSSR count). The molecule has 0 saturated carbocycles. The Kier molecular flexibility index (Phi) is 8.40. The van der Waals surface area contributed by atoms with Gasteiger partial charge in [0.05, 0.1) is 7.11 Å². The summed E-state index contributed by atoms with van der Waals surface area (Å²) in [6, 6.07) is 4.55. The van der Waals surface area contributed by atoms with E-state index in [4.69, 9.17) is 10.6 Å². The lowest BCUT2D eigenvalue weighted by molar-refractivity contribution is 0.410. The van der Waals surface area contributed by atoms with Gasteiger partial charge < -0.3 is 4.74 Å². The van der Waals surface area contributed by atoms with Crippen LogP contribution in [-0.4, -0.2) is 7.11 Å². The Hall–Kier alpha value is -1.06. The second-order valence-corrected chi connectivity index (χ2v) is 5.95. The minimum Gasteiger partial charge on any atom is -0.496 e. The van der Waals surface area contributed by atoms with Gasteiger partial charge in [-0.1, -0.05) is 51.5 Å². The summed E-state index contributed by atoms with van der Waals surface area (Å²) in [7, 11) is 1.72. The van der Waals surface area contributed by atoms with Gasteiger partial charge in [-0.05, 0) is 43.0 Å². The van der Waals surface area contributed by atoms with E-state index in [1.807, 2.05) is 0 Å². The van der Waals surface area contributed by atoms with E-state index >= 15 is 0 Å². The van der Waals surface area contributed by atoms with Crippen molar-refractivity contribution in [2.45, 2.75) is 71.8 Å². The summed E-state index contributed by atoms with van der Waals surface area (Å²) in [5.41, 5.74) is 6.69. The quantitative estimate of drug-likeness (QED) is 0.377. The standard InChI is InChI=1S/C18H32N2O/c1-5-6-7-8-9-10-11-17(20-19)16-12-15(3)18(21-4)13-14(16)2/h12-13,17,20H,5-11,19H2,1-4H3. The molecule has 0 saturated heterocycles. The van der Waals surface area contributed by atoms with Crippen molar-refractivity contribution in [3.63, 3.8) is 0 Å². The van der Waals surface area contributed by atoms with Crippen molar-refractivity contribution in [3.05, 3.63) is 28.8 Å². The van der Waals surface area contributed by atoms with E-state index < -0.39 is 0 Å². The van der Waals surface area contributed by atoms with E-state index in [1.165, 1.54) is 55.2 Å². The summed E-state index contributed by atoms with van der Waals surface area (Å²) < 4.78 is 5.38. The topological polar surface area (TPSA) is 47.3 Å². The third-order valence-corrected chi connectivity index (χ3v) is 4.21. The zero-order chi connectivity index (χ0) is 15.7. The van der Waals surface area contributed by atoms with Crippen molar-refractivity contribution in [1.29, 1.82) is 0 Å². The molecule has 3 heteroatoms. The van der Waals surface area contributed by atoms with E-state index in [2.05, 4.69) is 38.3 Å². The van der Waals surface area contributed by atoms with Gasteiger partial charge in [-0.25, -0.2) is 0 Å². The lowest BCUT2D eigenvalue weighted by atomic mass is 9.94. The van der Waals surface area contributed by atoms with E-state index in [-0.39, 0.29) is 6.04 Å². The number of benzene rings is 1. The van der Waals surface area contributed by atoms with Gasteiger partial charge in [-0.2, -0.15) is 0 Å². The van der Waals surface area contributed by atoms with Crippen LogP contribution in [0, 0.1) is 13.8 Å². The number of hydrogen-bond acceptors (Lipinski definition) is 3. The second-order valence-electron chi connectivity index (χ2n) is 5.95. The van der Waals surface area contributed by atoms with E-state index in [1.54, 1.807) is 7.11 Å². The maximum absolute atomic E-state index is 5.78. The molecular weight excluding hydrogens is 260 g/mol. The highest BCUT2D eigenvalue weighted by Crippen LogP contribution is 2.29. The first kappa shape index (κ1) is 18.0. The molecule has 1 unspecified atom stereocenters. The molecule has 0 amide bonds. The molecule has 0 heterocycles. The number of methoxy groups -OCH3 is 1. The smallest absolute Gasteiger partial charge is 0.122 e. The summed E-state index contributed by atoms with van der Waals surface area (Å²) in [6.45, 7) is 6.46. The lowest BCUT2D eigenvalue weighted by Crippen LogP contribution is -2.28. The van der Waals surface area contributed by atoms with Crippen molar-refractivity contribution >= 4 is 0 Å². The molecule has 120 valence electrons. The largest absolute Gasteiger partial charge is 0.496 e. The van der Waals surface area contributed by atoms with E-state index in [0.717, 1.165) is 12.2 Å². The summed E-state index contributed by atoms with van der Waals surface area (Å²) in [4.78, 5) is 0. The molecule has 1 aromatic rings. The van der Waals surface area contributed by atoms with Gasteiger partial charge in [0, 0.05) is 6.04 Å². The van der Waals surface area contributed by atoms with E-state index in [0.29, 0.717) is 0 Å². The molecule has 0 aliphatic carbocycles. The van der Waals surface area contributed by atoms with Gasteiger partial charge in [0.2, 0.25) is 0 Å². The predicted molar refractivity (Wildman–Crippen MR) is 90.5 cm³/mol. The highest BCUT2D eigenvalue weighted by Gasteiger charge is 2.14. The Morgan fingerprint density at radius 3 is 2.33 bits per heavy atom. The Bertz CT molecular complexity index is 418. The highest BCUT2D eigenvalue weighted by molar-refractivity contribution is 5.42. The van der Waals surface area contributed by atoms with Crippen LogP contribution in [0.4, 0.5) is 0 Å². The molecule has 0 bridgehead atoms. The molecule has 0 fully saturated rings. The predicted octanol–water partition coefficient (Wildman–Crippen LogP) is 4.57. The van der Waals surface area contributed by atoms with Crippen LogP contribution in [0.25, 0.3) is 0 Å². The molecule has 3 N–H and O–H groups in total. The summed E-state index contributed by atoms with van der Waals surface area (Å²) >= 11 is 0. The van der Waals surface area contributed by atoms with Crippen LogP contribution in [0.5, 0.6) is 5.75 Å². The molecule has 1 atom stereocenters. The zero-order valence-corrected chi connectivity index (χ0v) is 14.2. The van der Waals surface area contributed by atoms with Gasteiger partial charge >= 0.3 is 0 Å². The number of nitrogens with two attached hydrogens (primary N) is 1. The Labute approximate surface area is 130 Å². The van der Waals surface area contributed by atoms with Crippen molar-refractivity contribution in [2.24, 2.45) is 5.84 Å². The second kappa shape index (κ2) is 9.80. The van der Waals surface area contributed by atoms with Crippen LogP contribution in [0.3, 0.4) is 0 Å². The first-order valence-electron chi connectivity index (χ1n) is 8.25. The monoisotopic (exact) mass is 292 g/mol. The number of rotatable bonds is 10. The number of ether oxygens (including phenoxy) is 1. The fourth-order valence-corrected chi connectivity index (χ4v) is 2.86. The SMILES string of the molecule is CCCCCCCCC(NN)c1cc(C)c(OC)cc1C. The number of aryl methyl sites for hydroxylation is 2. The first-order valence-corrected chi connectivity index (χ1v) is 8.25. The van der Waals surface area contributed by atoms with Crippen LogP contribution < -0.4 is 16.0 Å². The molecule has 0 aliphatic heterocycles. The van der Waals surface area contributed by atoms with Crippen LogP contribution in [0.15, 0.2) is 12.1 Å². The summed E-state index contributed by atoms with van der Waals surface area (Å²) in [5.74, 6) is 6.73. The molecule has 1 aromatic carbocycles. The third kappa shape index (κ3) is 5.68. The molecule has 0 spiro atoms. The highest BCUT2D eigenvalue weighted by atomic mass is 16.5. The Balaban J connectivity index is 2.57. The maximum Gasteiger partial charge on any atom is 0.122 e. The minimum atomic E-state index is 0.237. The Morgan fingerprint density at radius 1 is 1.05 bits per heavy atom. The Morgan fingerprint density at radius 2 is 1.71 bits per heavy atom. The average molecular weight is 292 g/mol. The first-order chi connectivity index (χ1) is 10.1. The van der Waals surface area contributed by atoms with Gasteiger partial charge in [0.1, 0.15) is 5.75 Å². The number of nitrogens with one attached hydrogen (secondary N) is 1. The fourth-order valence-electron chi connectivity index (χ4n) is 2.86. The van der Waals surface area contributed by atoms with Gasteiger partial charge in [-0.15, -0.1) is 0 Å². The number of hydrazine groups is 1. The molecule has 3 nitrogen and oxygen atoms in total. The summed E-state index contributed by atoms with van der Waals surface area (Å²) in [5, 5.41) is 0.